The van der Waals surface area contributed by atoms with Gasteiger partial charge in [-0.1, -0.05) is 18.7 Å². The van der Waals surface area contributed by atoms with E-state index >= 15 is 0 Å². The highest BCUT2D eigenvalue weighted by molar-refractivity contribution is 8.14. The summed E-state index contributed by atoms with van der Waals surface area (Å²) in [7, 11) is 0. The zero-order chi connectivity index (χ0) is 13.9. The molecule has 2 rings (SSSR count). The van der Waals surface area contributed by atoms with Crippen LogP contribution in [0.4, 0.5) is 13.2 Å². The number of nitrogens with zero attached hydrogens (tertiary/aromatic N) is 1. The molecule has 0 unspecified atom stereocenters. The lowest BCUT2D eigenvalue weighted by molar-refractivity contribution is -0.134. The molecule has 19 heavy (non-hydrogen) atoms. The predicted molar refractivity (Wildman–Crippen MR) is 73.5 cm³/mol. The van der Waals surface area contributed by atoms with E-state index in [1.807, 2.05) is 0 Å². The molecule has 110 valence electrons. The SMILES string of the molecule is CC1CCC2(CC1)CSC(=NCCCC(F)(F)F)N2. The summed E-state index contributed by atoms with van der Waals surface area (Å²) in [6.07, 6.45) is 0.0584. The molecule has 1 N–H and O–H groups in total. The first-order valence-electron chi connectivity index (χ1n) is 6.91. The van der Waals surface area contributed by atoms with Gasteiger partial charge in [0.05, 0.1) is 0 Å². The number of thioether (sulfide) groups is 1. The van der Waals surface area contributed by atoms with Gasteiger partial charge in [-0.15, -0.1) is 0 Å². The lowest BCUT2D eigenvalue weighted by Crippen LogP contribution is -2.46. The monoisotopic (exact) mass is 294 g/mol. The van der Waals surface area contributed by atoms with Crippen molar-refractivity contribution in [1.29, 1.82) is 0 Å². The molecule has 0 amide bonds. The first kappa shape index (κ1) is 15.0. The van der Waals surface area contributed by atoms with Crippen molar-refractivity contribution in [3.8, 4) is 0 Å². The minimum absolute atomic E-state index is 0.0826. The van der Waals surface area contributed by atoms with Crippen LogP contribution in [0.1, 0.15) is 45.4 Å². The summed E-state index contributed by atoms with van der Waals surface area (Å²) in [6.45, 7) is 2.54. The molecule has 1 aliphatic heterocycles. The summed E-state index contributed by atoms with van der Waals surface area (Å²) < 4.78 is 36.0. The fraction of sp³-hybridized carbons (Fsp3) is 0.923. The Hall–Kier alpha value is -0.390. The van der Waals surface area contributed by atoms with Crippen molar-refractivity contribution >= 4 is 16.9 Å². The Bertz CT molecular complexity index is 333. The zero-order valence-electron chi connectivity index (χ0n) is 11.2. The third kappa shape index (κ3) is 4.58. The molecule has 1 spiro atoms. The Morgan fingerprint density at radius 3 is 2.68 bits per heavy atom. The Morgan fingerprint density at radius 1 is 1.37 bits per heavy atom. The molecule has 0 aromatic rings. The van der Waals surface area contributed by atoms with E-state index in [1.54, 1.807) is 11.8 Å². The lowest BCUT2D eigenvalue weighted by Gasteiger charge is -2.35. The highest BCUT2D eigenvalue weighted by Gasteiger charge is 2.39. The minimum Gasteiger partial charge on any atom is -0.359 e. The van der Waals surface area contributed by atoms with Crippen LogP contribution in [-0.2, 0) is 0 Å². The molecule has 6 heteroatoms. The first-order valence-corrected chi connectivity index (χ1v) is 7.89. The summed E-state index contributed by atoms with van der Waals surface area (Å²) in [5, 5.41) is 4.30. The average molecular weight is 294 g/mol. The largest absolute Gasteiger partial charge is 0.389 e. The van der Waals surface area contributed by atoms with Crippen molar-refractivity contribution in [3.05, 3.63) is 0 Å². The van der Waals surface area contributed by atoms with Gasteiger partial charge in [-0.05, 0) is 38.0 Å². The van der Waals surface area contributed by atoms with E-state index in [9.17, 15) is 13.2 Å². The third-order valence-electron chi connectivity index (χ3n) is 3.96. The van der Waals surface area contributed by atoms with E-state index in [1.165, 1.54) is 12.8 Å². The number of alkyl halides is 3. The number of nitrogens with one attached hydrogen (secondary N) is 1. The van der Waals surface area contributed by atoms with Crippen LogP contribution in [0.15, 0.2) is 4.99 Å². The van der Waals surface area contributed by atoms with Crippen LogP contribution < -0.4 is 5.32 Å². The molecule has 0 radical (unpaired) electrons. The van der Waals surface area contributed by atoms with E-state index < -0.39 is 12.6 Å². The summed E-state index contributed by atoms with van der Waals surface area (Å²) >= 11 is 1.66. The van der Waals surface area contributed by atoms with Gasteiger partial charge < -0.3 is 5.32 Å². The summed E-state index contributed by atoms with van der Waals surface area (Å²) in [5.74, 6) is 1.81. The quantitative estimate of drug-likeness (QED) is 0.796. The molecule has 1 saturated heterocycles. The topological polar surface area (TPSA) is 24.4 Å². The van der Waals surface area contributed by atoms with Gasteiger partial charge in [0.15, 0.2) is 5.17 Å². The first-order chi connectivity index (χ1) is 8.89. The van der Waals surface area contributed by atoms with E-state index in [0.717, 1.165) is 29.7 Å². The number of hydrogen-bond acceptors (Lipinski definition) is 2. The molecule has 1 saturated carbocycles. The average Bonchev–Trinajstić information content (AvgIpc) is 2.72. The van der Waals surface area contributed by atoms with Gasteiger partial charge >= 0.3 is 6.18 Å². The Kier molecular flexibility index (Phi) is 4.69. The fourth-order valence-electron chi connectivity index (χ4n) is 2.63. The molecule has 0 aromatic heterocycles. The molecule has 2 nitrogen and oxygen atoms in total. The van der Waals surface area contributed by atoms with E-state index in [-0.39, 0.29) is 18.5 Å². The maximum absolute atomic E-state index is 12.0. The normalized spacial score (nSPS) is 33.9. The second kappa shape index (κ2) is 5.94. The molecule has 1 heterocycles. The number of hydrogen-bond donors (Lipinski definition) is 1. The maximum Gasteiger partial charge on any atom is 0.389 e. The van der Waals surface area contributed by atoms with Crippen LogP contribution >= 0.6 is 11.8 Å². The van der Waals surface area contributed by atoms with Crippen LogP contribution in [0.5, 0.6) is 0 Å². The zero-order valence-corrected chi connectivity index (χ0v) is 12.0. The van der Waals surface area contributed by atoms with Gasteiger partial charge in [-0.2, -0.15) is 13.2 Å². The van der Waals surface area contributed by atoms with Crippen molar-refractivity contribution < 1.29 is 13.2 Å². The molecule has 0 bridgehead atoms. The molecule has 1 aliphatic carbocycles. The van der Waals surface area contributed by atoms with Crippen molar-refractivity contribution in [2.75, 3.05) is 12.3 Å². The van der Waals surface area contributed by atoms with Crippen LogP contribution in [0.25, 0.3) is 0 Å². The summed E-state index contributed by atoms with van der Waals surface area (Å²) in [6, 6.07) is 0. The van der Waals surface area contributed by atoms with E-state index in [2.05, 4.69) is 17.2 Å². The molecule has 2 fully saturated rings. The van der Waals surface area contributed by atoms with E-state index in [0.29, 0.717) is 0 Å². The van der Waals surface area contributed by atoms with Crippen molar-refractivity contribution in [3.63, 3.8) is 0 Å². The highest BCUT2D eigenvalue weighted by atomic mass is 32.2. The van der Waals surface area contributed by atoms with Gasteiger partial charge in [0.25, 0.3) is 0 Å². The lowest BCUT2D eigenvalue weighted by atomic mass is 9.78. The molecule has 0 aromatic carbocycles. The van der Waals surface area contributed by atoms with Crippen molar-refractivity contribution in [2.24, 2.45) is 10.9 Å². The summed E-state index contributed by atoms with van der Waals surface area (Å²) in [4.78, 5) is 4.26. The number of halogens is 3. The molecule has 2 aliphatic rings. The number of amidine groups is 1. The fourth-order valence-corrected chi connectivity index (χ4v) is 3.88. The van der Waals surface area contributed by atoms with Gasteiger partial charge in [-0.25, -0.2) is 0 Å². The Labute approximate surface area is 116 Å². The van der Waals surface area contributed by atoms with Crippen LogP contribution in [-0.4, -0.2) is 29.2 Å². The molecular formula is C13H21F3N2S. The van der Waals surface area contributed by atoms with Gasteiger partial charge in [0, 0.05) is 24.3 Å². The summed E-state index contributed by atoms with van der Waals surface area (Å²) in [5.41, 5.74) is 0.167. The van der Waals surface area contributed by atoms with Crippen molar-refractivity contribution in [1.82, 2.24) is 5.32 Å². The van der Waals surface area contributed by atoms with Gasteiger partial charge in [0.1, 0.15) is 0 Å². The van der Waals surface area contributed by atoms with Gasteiger partial charge in [-0.3, -0.25) is 4.99 Å². The standard InChI is InChI=1S/C13H21F3N2S/c1-10-3-6-12(7-4-10)9-19-11(18-12)17-8-2-5-13(14,15)16/h10H,2-9H2,1H3,(H,17,18). The predicted octanol–water partition coefficient (Wildman–Crippen LogP) is 3.97. The highest BCUT2D eigenvalue weighted by Crippen LogP contribution is 2.38. The Balaban J connectivity index is 1.75. The second-order valence-corrected chi connectivity index (χ2v) is 6.75. The van der Waals surface area contributed by atoms with Crippen molar-refractivity contribution in [2.45, 2.75) is 57.2 Å². The molecule has 0 atom stereocenters. The van der Waals surface area contributed by atoms with Gasteiger partial charge in [0.2, 0.25) is 0 Å². The van der Waals surface area contributed by atoms with E-state index in [4.69, 9.17) is 0 Å². The number of rotatable bonds is 3. The minimum atomic E-state index is -4.06. The molecular weight excluding hydrogens is 273 g/mol. The van der Waals surface area contributed by atoms with Crippen LogP contribution in [0.2, 0.25) is 0 Å². The second-order valence-electron chi connectivity index (χ2n) is 5.78. The Morgan fingerprint density at radius 2 is 2.05 bits per heavy atom. The van der Waals surface area contributed by atoms with Crippen LogP contribution in [0, 0.1) is 5.92 Å². The smallest absolute Gasteiger partial charge is 0.359 e. The maximum atomic E-state index is 12.0. The third-order valence-corrected chi connectivity index (χ3v) is 5.16. The number of aliphatic imine (C=N–C) groups is 1. The van der Waals surface area contributed by atoms with Crippen LogP contribution in [0.3, 0.4) is 0 Å².